The predicted molar refractivity (Wildman–Crippen MR) is 104 cm³/mol. The molecule has 0 bridgehead atoms. The Morgan fingerprint density at radius 3 is 2.44 bits per heavy atom. The van der Waals surface area contributed by atoms with Crippen LogP contribution in [-0.2, 0) is 14.3 Å². The van der Waals surface area contributed by atoms with Crippen LogP contribution in [0.15, 0.2) is 54.1 Å². The van der Waals surface area contributed by atoms with E-state index in [1.54, 1.807) is 48.5 Å². The van der Waals surface area contributed by atoms with Gasteiger partial charge in [0.2, 0.25) is 0 Å². The molecule has 0 aliphatic carbocycles. The van der Waals surface area contributed by atoms with Crippen LogP contribution in [-0.4, -0.2) is 42.0 Å². The fourth-order valence-corrected chi connectivity index (χ4v) is 3.39. The minimum atomic E-state index is -0.782. The van der Waals surface area contributed by atoms with Crippen molar-refractivity contribution in [3.05, 3.63) is 75.3 Å². The molecule has 140 valence electrons. The van der Waals surface area contributed by atoms with Gasteiger partial charge < -0.3 is 14.7 Å². The van der Waals surface area contributed by atoms with Gasteiger partial charge in [-0.3, -0.25) is 9.59 Å². The highest BCUT2D eigenvalue weighted by molar-refractivity contribution is 6.46. The molecule has 3 rings (SSSR count). The number of likely N-dealkylation sites (tertiary alicyclic amines) is 1. The standard InChI is InChI=1S/C20H17Cl2NO4/c1-27-10-9-23-17(13-7-8-14(21)15(22)11-13)16(19(25)20(23)26)18(24)12-5-3-2-4-6-12/h2-8,11,17,24H,9-10H2,1H3. The van der Waals surface area contributed by atoms with Crippen molar-refractivity contribution in [2.45, 2.75) is 6.04 Å². The van der Waals surface area contributed by atoms with Crippen molar-refractivity contribution < 1.29 is 19.4 Å². The Labute approximate surface area is 166 Å². The number of ether oxygens (including phenoxy) is 1. The monoisotopic (exact) mass is 405 g/mol. The molecule has 0 saturated carbocycles. The van der Waals surface area contributed by atoms with Gasteiger partial charge in [-0.2, -0.15) is 0 Å². The van der Waals surface area contributed by atoms with Crippen molar-refractivity contribution in [3.63, 3.8) is 0 Å². The molecular formula is C20H17Cl2NO4. The van der Waals surface area contributed by atoms with Gasteiger partial charge in [0.15, 0.2) is 0 Å². The quantitative estimate of drug-likeness (QED) is 0.462. The fraction of sp³-hybridized carbons (Fsp3) is 0.200. The van der Waals surface area contributed by atoms with E-state index in [1.807, 2.05) is 0 Å². The molecule has 1 atom stereocenters. The highest BCUT2D eigenvalue weighted by atomic mass is 35.5. The average molecular weight is 406 g/mol. The van der Waals surface area contributed by atoms with E-state index in [-0.39, 0.29) is 24.5 Å². The zero-order valence-corrected chi connectivity index (χ0v) is 16.0. The Morgan fingerprint density at radius 2 is 1.81 bits per heavy atom. The van der Waals surface area contributed by atoms with Crippen molar-refractivity contribution in [3.8, 4) is 0 Å². The van der Waals surface area contributed by atoms with E-state index in [1.165, 1.54) is 12.0 Å². The Kier molecular flexibility index (Phi) is 5.85. The molecule has 0 spiro atoms. The second-order valence-electron chi connectivity index (χ2n) is 6.02. The lowest BCUT2D eigenvalue weighted by Gasteiger charge is -2.25. The molecule has 1 heterocycles. The maximum Gasteiger partial charge on any atom is 0.295 e. The highest BCUT2D eigenvalue weighted by Crippen LogP contribution is 2.40. The topological polar surface area (TPSA) is 66.8 Å². The van der Waals surface area contributed by atoms with E-state index < -0.39 is 17.7 Å². The summed E-state index contributed by atoms with van der Waals surface area (Å²) in [6.07, 6.45) is 0. The Bertz CT molecular complexity index is 911. The van der Waals surface area contributed by atoms with Crippen LogP contribution in [0.25, 0.3) is 5.76 Å². The molecule has 2 aromatic carbocycles. The number of hydrogen-bond acceptors (Lipinski definition) is 4. The Balaban J connectivity index is 2.18. The van der Waals surface area contributed by atoms with Crippen LogP contribution >= 0.6 is 23.2 Å². The lowest BCUT2D eigenvalue weighted by molar-refractivity contribution is -0.140. The summed E-state index contributed by atoms with van der Waals surface area (Å²) in [6.45, 7) is 0.438. The maximum absolute atomic E-state index is 12.7. The SMILES string of the molecule is COCCN1C(=O)C(=O)C(=C(O)c2ccccc2)C1c1ccc(Cl)c(Cl)c1. The summed E-state index contributed by atoms with van der Waals surface area (Å²) in [6, 6.07) is 12.7. The van der Waals surface area contributed by atoms with Gasteiger partial charge in [-0.1, -0.05) is 59.6 Å². The molecule has 1 saturated heterocycles. The summed E-state index contributed by atoms with van der Waals surface area (Å²) in [5.74, 6) is -1.67. The number of halogens is 2. The third-order valence-electron chi connectivity index (χ3n) is 4.38. The first-order valence-corrected chi connectivity index (χ1v) is 8.99. The van der Waals surface area contributed by atoms with E-state index >= 15 is 0 Å². The minimum absolute atomic E-state index is 0.0145. The molecule has 5 nitrogen and oxygen atoms in total. The predicted octanol–water partition coefficient (Wildman–Crippen LogP) is 4.06. The summed E-state index contributed by atoms with van der Waals surface area (Å²) >= 11 is 12.1. The van der Waals surface area contributed by atoms with Crippen molar-refractivity contribution in [1.82, 2.24) is 4.90 Å². The fourth-order valence-electron chi connectivity index (χ4n) is 3.08. The third kappa shape index (κ3) is 3.72. The van der Waals surface area contributed by atoms with Crippen molar-refractivity contribution in [2.24, 2.45) is 0 Å². The van der Waals surface area contributed by atoms with Gasteiger partial charge in [-0.05, 0) is 17.7 Å². The first-order valence-electron chi connectivity index (χ1n) is 8.23. The summed E-state index contributed by atoms with van der Waals surface area (Å²) in [4.78, 5) is 26.7. The number of amides is 1. The highest BCUT2D eigenvalue weighted by Gasteiger charge is 2.45. The number of rotatable bonds is 5. The van der Waals surface area contributed by atoms with Crippen molar-refractivity contribution >= 4 is 40.7 Å². The number of carbonyl (C=O) groups excluding carboxylic acids is 2. The van der Waals surface area contributed by atoms with E-state index in [9.17, 15) is 14.7 Å². The lowest BCUT2D eigenvalue weighted by atomic mass is 9.95. The summed E-state index contributed by atoms with van der Waals surface area (Å²) in [5.41, 5.74) is 1.05. The second-order valence-corrected chi connectivity index (χ2v) is 6.84. The van der Waals surface area contributed by atoms with Crippen molar-refractivity contribution in [2.75, 3.05) is 20.3 Å². The number of nitrogens with zero attached hydrogens (tertiary/aromatic N) is 1. The first-order chi connectivity index (χ1) is 13.0. The second kappa shape index (κ2) is 8.13. The molecule has 1 aliphatic heterocycles. The Morgan fingerprint density at radius 1 is 1.11 bits per heavy atom. The number of carbonyl (C=O) groups is 2. The molecule has 1 amide bonds. The van der Waals surface area contributed by atoms with E-state index in [0.717, 1.165) is 0 Å². The van der Waals surface area contributed by atoms with Gasteiger partial charge in [0.25, 0.3) is 11.7 Å². The number of hydrogen-bond donors (Lipinski definition) is 1. The molecule has 27 heavy (non-hydrogen) atoms. The first kappa shape index (κ1) is 19.4. The number of aliphatic hydroxyl groups is 1. The normalized spacial score (nSPS) is 18.9. The van der Waals surface area contributed by atoms with Crippen LogP contribution < -0.4 is 0 Å². The van der Waals surface area contributed by atoms with Gasteiger partial charge in [-0.15, -0.1) is 0 Å². The molecule has 7 heteroatoms. The molecular weight excluding hydrogens is 389 g/mol. The third-order valence-corrected chi connectivity index (χ3v) is 5.12. The van der Waals surface area contributed by atoms with Crippen LogP contribution in [0.4, 0.5) is 0 Å². The maximum atomic E-state index is 12.7. The smallest absolute Gasteiger partial charge is 0.295 e. The summed E-state index contributed by atoms with van der Waals surface area (Å²) in [5, 5.41) is 11.5. The summed E-state index contributed by atoms with van der Waals surface area (Å²) < 4.78 is 5.06. The van der Waals surface area contributed by atoms with Crippen LogP contribution in [0.1, 0.15) is 17.2 Å². The molecule has 0 aromatic heterocycles. The van der Waals surface area contributed by atoms with Crippen molar-refractivity contribution in [1.29, 1.82) is 0 Å². The van der Waals surface area contributed by atoms with E-state index in [4.69, 9.17) is 27.9 Å². The van der Waals surface area contributed by atoms with Gasteiger partial charge >= 0.3 is 0 Å². The average Bonchev–Trinajstić information content (AvgIpc) is 2.93. The molecule has 0 radical (unpaired) electrons. The van der Waals surface area contributed by atoms with E-state index in [0.29, 0.717) is 21.2 Å². The number of ketones is 1. The molecule has 1 fully saturated rings. The number of Topliss-reactive ketones (excluding diaryl/α,β-unsaturated/α-hetero) is 1. The largest absolute Gasteiger partial charge is 0.507 e. The lowest BCUT2D eigenvalue weighted by Crippen LogP contribution is -2.32. The Hall–Kier alpha value is -2.34. The molecule has 1 unspecified atom stereocenters. The summed E-state index contributed by atoms with van der Waals surface area (Å²) in [7, 11) is 1.51. The zero-order chi connectivity index (χ0) is 19.6. The molecule has 1 aliphatic rings. The van der Waals surface area contributed by atoms with Crippen LogP contribution in [0.5, 0.6) is 0 Å². The number of benzene rings is 2. The number of methoxy groups -OCH3 is 1. The van der Waals surface area contributed by atoms with Crippen LogP contribution in [0, 0.1) is 0 Å². The van der Waals surface area contributed by atoms with Crippen LogP contribution in [0.3, 0.4) is 0 Å². The zero-order valence-electron chi connectivity index (χ0n) is 14.5. The molecule has 2 aromatic rings. The van der Waals surface area contributed by atoms with Gasteiger partial charge in [-0.25, -0.2) is 0 Å². The van der Waals surface area contributed by atoms with Gasteiger partial charge in [0.1, 0.15) is 5.76 Å². The van der Waals surface area contributed by atoms with Gasteiger partial charge in [0, 0.05) is 19.2 Å². The minimum Gasteiger partial charge on any atom is -0.507 e. The van der Waals surface area contributed by atoms with Crippen LogP contribution in [0.2, 0.25) is 10.0 Å². The number of aliphatic hydroxyl groups excluding tert-OH is 1. The van der Waals surface area contributed by atoms with Gasteiger partial charge in [0.05, 0.1) is 28.3 Å². The molecule has 1 N–H and O–H groups in total. The van der Waals surface area contributed by atoms with E-state index in [2.05, 4.69) is 0 Å².